The van der Waals surface area contributed by atoms with Crippen LogP contribution in [0, 0.1) is 6.92 Å². The van der Waals surface area contributed by atoms with Gasteiger partial charge in [0, 0.05) is 19.1 Å². The molecule has 6 heteroatoms. The average molecular weight is 257 g/mol. The Morgan fingerprint density at radius 3 is 2.78 bits per heavy atom. The van der Waals surface area contributed by atoms with Crippen molar-refractivity contribution in [1.82, 2.24) is 5.16 Å². The molecule has 0 amide bonds. The highest BCUT2D eigenvalue weighted by molar-refractivity contribution is 5.11. The normalized spacial score (nSPS) is 18.3. The van der Waals surface area contributed by atoms with E-state index in [1.54, 1.807) is 0 Å². The van der Waals surface area contributed by atoms with E-state index < -0.39 is 5.79 Å². The van der Waals surface area contributed by atoms with Crippen LogP contribution in [0.5, 0.6) is 0 Å². The summed E-state index contributed by atoms with van der Waals surface area (Å²) >= 11 is 0. The Morgan fingerprint density at radius 2 is 2.17 bits per heavy atom. The van der Waals surface area contributed by atoms with Gasteiger partial charge in [0.1, 0.15) is 11.5 Å². The highest BCUT2D eigenvalue weighted by Gasteiger charge is 2.40. The van der Waals surface area contributed by atoms with Gasteiger partial charge in [-0.3, -0.25) is 0 Å². The molecule has 0 atom stereocenters. The van der Waals surface area contributed by atoms with Crippen molar-refractivity contribution < 1.29 is 23.8 Å². The van der Waals surface area contributed by atoms with Gasteiger partial charge in [-0.15, -0.1) is 0 Å². The molecule has 0 radical (unpaired) electrons. The van der Waals surface area contributed by atoms with E-state index >= 15 is 0 Å². The fraction of sp³-hybridized carbons (Fsp3) is 0.750. The molecule has 0 bridgehead atoms. The molecule has 0 saturated carbocycles. The first-order chi connectivity index (χ1) is 8.77. The fourth-order valence-corrected chi connectivity index (χ4v) is 1.99. The topological polar surface area (TPSA) is 74.0 Å². The fourth-order valence-electron chi connectivity index (χ4n) is 1.99. The van der Waals surface area contributed by atoms with Crippen LogP contribution in [0.3, 0.4) is 0 Å². The third-order valence-electron chi connectivity index (χ3n) is 2.80. The molecule has 1 aromatic heterocycles. The van der Waals surface area contributed by atoms with Crippen molar-refractivity contribution in [3.05, 3.63) is 17.5 Å². The van der Waals surface area contributed by atoms with Crippen LogP contribution in [-0.4, -0.2) is 43.3 Å². The smallest absolute Gasteiger partial charge is 0.216 e. The van der Waals surface area contributed by atoms with Gasteiger partial charge in [0.2, 0.25) is 5.79 Å². The van der Waals surface area contributed by atoms with Crippen LogP contribution in [0.4, 0.5) is 0 Å². The first kappa shape index (κ1) is 13.5. The van der Waals surface area contributed by atoms with Crippen LogP contribution in [-0.2, 0) is 20.0 Å². The molecule has 1 aliphatic heterocycles. The molecule has 18 heavy (non-hydrogen) atoms. The number of ether oxygens (including phenoxy) is 3. The van der Waals surface area contributed by atoms with Crippen LogP contribution >= 0.6 is 0 Å². The summed E-state index contributed by atoms with van der Waals surface area (Å²) in [4.78, 5) is 0. The van der Waals surface area contributed by atoms with Crippen molar-refractivity contribution in [2.75, 3.05) is 33.0 Å². The number of rotatable bonds is 7. The quantitative estimate of drug-likeness (QED) is 0.734. The Morgan fingerprint density at radius 1 is 1.39 bits per heavy atom. The third-order valence-corrected chi connectivity index (χ3v) is 2.80. The van der Waals surface area contributed by atoms with Gasteiger partial charge in [0.25, 0.3) is 0 Å². The Balaban J connectivity index is 1.91. The van der Waals surface area contributed by atoms with E-state index in [4.69, 9.17) is 23.8 Å². The van der Waals surface area contributed by atoms with E-state index in [2.05, 4.69) is 5.16 Å². The first-order valence-electron chi connectivity index (χ1n) is 6.17. The van der Waals surface area contributed by atoms with Crippen LogP contribution in [0.15, 0.2) is 10.6 Å². The molecule has 1 aromatic rings. The Kier molecular flexibility index (Phi) is 4.71. The van der Waals surface area contributed by atoms with E-state index in [0.717, 1.165) is 12.2 Å². The summed E-state index contributed by atoms with van der Waals surface area (Å²) in [5.41, 5.74) is 0.680. The van der Waals surface area contributed by atoms with Gasteiger partial charge in [-0.2, -0.15) is 0 Å². The number of hydrogen-bond donors (Lipinski definition) is 1. The van der Waals surface area contributed by atoms with Gasteiger partial charge in [-0.25, -0.2) is 0 Å². The minimum Gasteiger partial charge on any atom is -0.394 e. The Labute approximate surface area is 106 Å². The number of aryl methyl sites for hydroxylation is 1. The largest absolute Gasteiger partial charge is 0.394 e. The van der Waals surface area contributed by atoms with E-state index in [9.17, 15) is 0 Å². The predicted octanol–water partition coefficient (Wildman–Crippen LogP) is 0.972. The van der Waals surface area contributed by atoms with Crippen molar-refractivity contribution in [2.24, 2.45) is 0 Å². The zero-order chi connectivity index (χ0) is 12.8. The van der Waals surface area contributed by atoms with Gasteiger partial charge in [0.15, 0.2) is 0 Å². The molecular weight excluding hydrogens is 238 g/mol. The van der Waals surface area contributed by atoms with Gasteiger partial charge in [-0.1, -0.05) is 5.16 Å². The van der Waals surface area contributed by atoms with Crippen LogP contribution in [0.25, 0.3) is 0 Å². The predicted molar refractivity (Wildman–Crippen MR) is 62.0 cm³/mol. The summed E-state index contributed by atoms with van der Waals surface area (Å²) in [6, 6.07) is 1.83. The summed E-state index contributed by atoms with van der Waals surface area (Å²) in [5, 5.41) is 12.6. The van der Waals surface area contributed by atoms with E-state index in [0.29, 0.717) is 38.5 Å². The van der Waals surface area contributed by atoms with Crippen molar-refractivity contribution in [2.45, 2.75) is 25.6 Å². The van der Waals surface area contributed by atoms with Gasteiger partial charge >= 0.3 is 0 Å². The summed E-state index contributed by atoms with van der Waals surface area (Å²) in [6.07, 6.45) is 1.43. The molecule has 2 heterocycles. The van der Waals surface area contributed by atoms with Gasteiger partial charge < -0.3 is 23.8 Å². The lowest BCUT2D eigenvalue weighted by molar-refractivity contribution is -0.177. The van der Waals surface area contributed by atoms with E-state index in [1.807, 2.05) is 13.0 Å². The molecule has 2 rings (SSSR count). The number of nitrogens with zero attached hydrogens (tertiary/aromatic N) is 1. The highest BCUT2D eigenvalue weighted by atomic mass is 16.7. The minimum absolute atomic E-state index is 0.0423. The highest BCUT2D eigenvalue weighted by Crippen LogP contribution is 2.35. The van der Waals surface area contributed by atoms with Crippen molar-refractivity contribution in [1.29, 1.82) is 0 Å². The summed E-state index contributed by atoms with van der Waals surface area (Å²) in [6.45, 7) is 3.92. The Bertz CT molecular complexity index is 359. The molecule has 1 saturated heterocycles. The van der Waals surface area contributed by atoms with Gasteiger partial charge in [0.05, 0.1) is 26.4 Å². The van der Waals surface area contributed by atoms with Crippen molar-refractivity contribution in [3.8, 4) is 0 Å². The molecule has 0 unspecified atom stereocenters. The van der Waals surface area contributed by atoms with Crippen molar-refractivity contribution >= 4 is 0 Å². The third kappa shape index (κ3) is 3.08. The SMILES string of the molecule is Cc1cc(C2(CCCOCCO)OCCO2)no1. The second-order valence-electron chi connectivity index (χ2n) is 4.21. The lowest BCUT2D eigenvalue weighted by Gasteiger charge is -2.24. The molecule has 0 spiro atoms. The molecule has 102 valence electrons. The number of aliphatic hydroxyl groups is 1. The maximum Gasteiger partial charge on any atom is 0.216 e. The lowest BCUT2D eigenvalue weighted by Crippen LogP contribution is -2.28. The second-order valence-corrected chi connectivity index (χ2v) is 4.21. The second kappa shape index (κ2) is 6.29. The van der Waals surface area contributed by atoms with Gasteiger partial charge in [-0.05, 0) is 13.3 Å². The number of aliphatic hydroxyl groups excluding tert-OH is 1. The Hall–Kier alpha value is -0.950. The van der Waals surface area contributed by atoms with E-state index in [-0.39, 0.29) is 6.61 Å². The molecule has 1 N–H and O–H groups in total. The van der Waals surface area contributed by atoms with E-state index in [1.165, 1.54) is 0 Å². The minimum atomic E-state index is -0.791. The van der Waals surface area contributed by atoms with Crippen LogP contribution < -0.4 is 0 Å². The monoisotopic (exact) mass is 257 g/mol. The first-order valence-corrected chi connectivity index (χ1v) is 6.17. The molecule has 0 aromatic carbocycles. The molecule has 1 fully saturated rings. The number of aromatic nitrogens is 1. The molecule has 6 nitrogen and oxygen atoms in total. The zero-order valence-corrected chi connectivity index (χ0v) is 10.6. The summed E-state index contributed by atoms with van der Waals surface area (Å²) in [7, 11) is 0. The standard InChI is InChI=1S/C12H19NO5/c1-10-9-11(13-18-10)12(16-7-8-17-12)3-2-5-15-6-4-14/h9,14H,2-8H2,1H3. The molecule has 0 aliphatic carbocycles. The number of hydrogen-bond acceptors (Lipinski definition) is 6. The molecule has 1 aliphatic rings. The van der Waals surface area contributed by atoms with Crippen molar-refractivity contribution in [3.63, 3.8) is 0 Å². The lowest BCUT2D eigenvalue weighted by atomic mass is 10.1. The van der Waals surface area contributed by atoms with Crippen LogP contribution in [0.1, 0.15) is 24.3 Å². The molecular formula is C12H19NO5. The summed E-state index contributed by atoms with van der Waals surface area (Å²) < 4.78 is 21.7. The summed E-state index contributed by atoms with van der Waals surface area (Å²) in [5.74, 6) is -0.0552. The maximum absolute atomic E-state index is 8.61. The zero-order valence-electron chi connectivity index (χ0n) is 10.6. The van der Waals surface area contributed by atoms with Crippen LogP contribution in [0.2, 0.25) is 0 Å². The maximum atomic E-state index is 8.61. The average Bonchev–Trinajstić information content (AvgIpc) is 2.99.